The van der Waals surface area contributed by atoms with Gasteiger partial charge in [-0.25, -0.2) is 4.79 Å². The van der Waals surface area contributed by atoms with E-state index >= 15 is 0 Å². The van der Waals surface area contributed by atoms with Gasteiger partial charge in [-0.3, -0.25) is 14.3 Å². The Morgan fingerprint density at radius 3 is 1.88 bits per heavy atom. The molecule has 6 rings (SSSR count). The molecule has 0 amide bonds. The van der Waals surface area contributed by atoms with Gasteiger partial charge in [0.15, 0.2) is 6.23 Å². The highest BCUT2D eigenvalue weighted by molar-refractivity contribution is 5.47. The van der Waals surface area contributed by atoms with Gasteiger partial charge < -0.3 is 24.2 Å². The second-order valence-corrected chi connectivity index (χ2v) is 11.9. The van der Waals surface area contributed by atoms with E-state index in [4.69, 9.17) is 9.47 Å². The number of H-pyrrole nitrogens is 1. The van der Waals surface area contributed by atoms with Gasteiger partial charge in [0.05, 0.1) is 32.3 Å². The van der Waals surface area contributed by atoms with Gasteiger partial charge in [-0.15, -0.1) is 0 Å². The topological polar surface area (TPSA) is 114 Å². The van der Waals surface area contributed by atoms with Crippen molar-refractivity contribution in [3.8, 4) is 0 Å². The number of nitrogens with one attached hydrogen (secondary N) is 1. The Bertz CT molecular complexity index is 1540. The number of aromatic amines is 1. The first-order valence-corrected chi connectivity index (χ1v) is 14.8. The minimum atomic E-state index is -1.42. The number of nitrogens with zero attached hydrogens (tertiary/aromatic N) is 2. The summed E-state index contributed by atoms with van der Waals surface area (Å²) in [4.78, 5) is 28.0. The predicted octanol–water partition coefficient (Wildman–Crippen LogP) is 2.90. The SMILES string of the molecule is C[N+]1(Cc2cn([C@@H]3O[C@H](COC(c4ccccc4)(c4ccccc4)c4ccccc4)C(O)[C@@H]3O)c(=O)[nH]c2=O)CCCC1. The number of quaternary nitrogens is 1. The monoisotopic (exact) mass is 584 g/mol. The lowest BCUT2D eigenvalue weighted by Gasteiger charge is -2.37. The van der Waals surface area contributed by atoms with E-state index in [-0.39, 0.29) is 6.61 Å². The zero-order valence-corrected chi connectivity index (χ0v) is 24.2. The van der Waals surface area contributed by atoms with E-state index in [9.17, 15) is 19.8 Å². The molecule has 0 radical (unpaired) electrons. The molecule has 3 N–H and O–H groups in total. The summed E-state index contributed by atoms with van der Waals surface area (Å²) in [5.74, 6) is 0. The van der Waals surface area contributed by atoms with Crippen LogP contribution in [0.1, 0.15) is 41.3 Å². The summed E-state index contributed by atoms with van der Waals surface area (Å²) in [6.45, 7) is 2.27. The average molecular weight is 585 g/mol. The molecular weight excluding hydrogens is 546 g/mol. The van der Waals surface area contributed by atoms with Gasteiger partial charge in [0, 0.05) is 19.0 Å². The maximum Gasteiger partial charge on any atom is 0.330 e. The summed E-state index contributed by atoms with van der Waals surface area (Å²) in [7, 11) is 2.10. The molecule has 4 aromatic rings. The Morgan fingerprint density at radius 1 is 0.860 bits per heavy atom. The van der Waals surface area contributed by atoms with Crippen LogP contribution in [0.25, 0.3) is 0 Å². The number of hydrogen-bond acceptors (Lipinski definition) is 6. The fraction of sp³-hybridized carbons (Fsp3) is 0.353. The van der Waals surface area contributed by atoms with Gasteiger partial charge in [0.2, 0.25) is 0 Å². The van der Waals surface area contributed by atoms with Gasteiger partial charge in [-0.05, 0) is 16.7 Å². The molecule has 43 heavy (non-hydrogen) atoms. The first-order chi connectivity index (χ1) is 20.8. The lowest BCUT2D eigenvalue weighted by Crippen LogP contribution is -2.44. The smallest absolute Gasteiger partial charge is 0.330 e. The highest BCUT2D eigenvalue weighted by Crippen LogP contribution is 2.41. The molecule has 4 atom stereocenters. The van der Waals surface area contributed by atoms with Crippen LogP contribution in [-0.4, -0.2) is 69.3 Å². The standard InChI is InChI=1S/C34H37N3O6/c1-37(19-11-12-20-37)22-24-21-36(33(41)35-31(24)40)32-30(39)29(38)28(43-32)23-42-34(25-13-5-2-6-14-25,26-15-7-3-8-16-26)27-17-9-4-10-18-27/h2-10,13-18,21,28-30,32,38-39H,11-12,19-20,22-23H2,1H3/p+1/t28-,29?,30+,32-/m1/s1. The summed E-state index contributed by atoms with van der Waals surface area (Å²) >= 11 is 0. The Morgan fingerprint density at radius 2 is 1.37 bits per heavy atom. The van der Waals surface area contributed by atoms with Crippen molar-refractivity contribution in [2.24, 2.45) is 0 Å². The fourth-order valence-electron chi connectivity index (χ4n) is 6.57. The van der Waals surface area contributed by atoms with Gasteiger partial charge in [-0.1, -0.05) is 91.0 Å². The van der Waals surface area contributed by atoms with E-state index in [0.29, 0.717) is 16.6 Å². The summed E-state index contributed by atoms with van der Waals surface area (Å²) in [5, 5.41) is 22.2. The third-order valence-corrected chi connectivity index (χ3v) is 8.86. The molecule has 0 aliphatic carbocycles. The summed E-state index contributed by atoms with van der Waals surface area (Å²) in [5.41, 5.74) is 0.893. The Hall–Kier alpha value is -3.86. The van der Waals surface area contributed by atoms with Crippen LogP contribution in [0.2, 0.25) is 0 Å². The number of ether oxygens (including phenoxy) is 2. The highest BCUT2D eigenvalue weighted by Gasteiger charge is 2.47. The van der Waals surface area contributed by atoms with E-state index in [1.807, 2.05) is 91.0 Å². The second kappa shape index (κ2) is 12.0. The average Bonchev–Trinajstić information content (AvgIpc) is 3.59. The van der Waals surface area contributed by atoms with Gasteiger partial charge >= 0.3 is 5.69 Å². The van der Waals surface area contributed by atoms with E-state index in [0.717, 1.165) is 42.6 Å². The van der Waals surface area contributed by atoms with E-state index in [1.165, 1.54) is 10.8 Å². The van der Waals surface area contributed by atoms with Gasteiger partial charge in [0.1, 0.15) is 30.5 Å². The molecule has 3 aromatic carbocycles. The maximum atomic E-state index is 12.9. The number of likely N-dealkylation sites (tertiary alicyclic amines) is 1. The zero-order chi connectivity index (χ0) is 30.0. The molecule has 1 unspecified atom stereocenters. The first kappa shape index (κ1) is 29.2. The van der Waals surface area contributed by atoms with Crippen LogP contribution in [0.4, 0.5) is 0 Å². The second-order valence-electron chi connectivity index (χ2n) is 11.9. The van der Waals surface area contributed by atoms with Crippen molar-refractivity contribution >= 4 is 0 Å². The minimum absolute atomic E-state index is 0.0899. The minimum Gasteiger partial charge on any atom is -0.387 e. The van der Waals surface area contributed by atoms with E-state index in [2.05, 4.69) is 12.0 Å². The number of hydrogen-bond donors (Lipinski definition) is 3. The molecule has 0 spiro atoms. The predicted molar refractivity (Wildman–Crippen MR) is 161 cm³/mol. The normalized spacial score (nSPS) is 23.4. The van der Waals surface area contributed by atoms with E-state index in [1.54, 1.807) is 0 Å². The summed E-state index contributed by atoms with van der Waals surface area (Å²) in [6, 6.07) is 29.5. The summed E-state index contributed by atoms with van der Waals surface area (Å²) < 4.78 is 14.9. The van der Waals surface area contributed by atoms with Crippen molar-refractivity contribution < 1.29 is 24.2 Å². The number of aliphatic hydroxyl groups is 2. The number of benzene rings is 3. The third kappa shape index (κ3) is 5.62. The van der Waals surface area contributed by atoms with Crippen LogP contribution in [0.5, 0.6) is 0 Å². The van der Waals surface area contributed by atoms with Crippen LogP contribution >= 0.6 is 0 Å². The summed E-state index contributed by atoms with van der Waals surface area (Å²) in [6.07, 6.45) is -1.27. The van der Waals surface area contributed by atoms with Crippen molar-refractivity contribution in [1.82, 2.24) is 9.55 Å². The van der Waals surface area contributed by atoms with Gasteiger partial charge in [0.25, 0.3) is 5.56 Å². The molecular formula is C34H38N3O6+. The van der Waals surface area contributed by atoms with Crippen molar-refractivity contribution in [2.45, 2.75) is 49.5 Å². The fourth-order valence-corrected chi connectivity index (χ4v) is 6.57. The highest BCUT2D eigenvalue weighted by atomic mass is 16.6. The largest absolute Gasteiger partial charge is 0.387 e. The van der Waals surface area contributed by atoms with E-state index < -0.39 is 41.4 Å². The maximum absolute atomic E-state index is 12.9. The van der Waals surface area contributed by atoms with Gasteiger partial charge in [-0.2, -0.15) is 0 Å². The number of aromatic nitrogens is 2. The lowest BCUT2D eigenvalue weighted by atomic mass is 9.80. The quantitative estimate of drug-likeness (QED) is 0.206. The van der Waals surface area contributed by atoms with Crippen molar-refractivity contribution in [3.05, 3.63) is 140 Å². The van der Waals surface area contributed by atoms with Crippen molar-refractivity contribution in [1.29, 1.82) is 0 Å². The molecule has 9 heteroatoms. The van der Waals surface area contributed by atoms with Crippen LogP contribution in [0, 0.1) is 0 Å². The van der Waals surface area contributed by atoms with Crippen molar-refractivity contribution in [3.63, 3.8) is 0 Å². The van der Waals surface area contributed by atoms with Crippen LogP contribution in [0.3, 0.4) is 0 Å². The molecule has 0 saturated carbocycles. The van der Waals surface area contributed by atoms with Crippen LogP contribution in [0.15, 0.2) is 107 Å². The lowest BCUT2D eigenvalue weighted by molar-refractivity contribution is -0.911. The molecule has 2 aliphatic heterocycles. The Kier molecular flexibility index (Phi) is 8.17. The zero-order valence-electron chi connectivity index (χ0n) is 24.2. The molecule has 224 valence electrons. The molecule has 1 aromatic heterocycles. The Balaban J connectivity index is 1.32. The molecule has 0 bridgehead atoms. The molecule has 2 aliphatic rings. The Labute approximate surface area is 250 Å². The third-order valence-electron chi connectivity index (χ3n) is 8.86. The first-order valence-electron chi connectivity index (χ1n) is 14.8. The number of aliphatic hydroxyl groups excluding tert-OH is 2. The van der Waals surface area contributed by atoms with Crippen LogP contribution in [-0.2, 0) is 21.6 Å². The molecule has 2 fully saturated rings. The molecule has 2 saturated heterocycles. The molecule has 9 nitrogen and oxygen atoms in total. The molecule has 3 heterocycles. The number of rotatable bonds is 9. The van der Waals surface area contributed by atoms with Crippen molar-refractivity contribution in [2.75, 3.05) is 26.7 Å². The van der Waals surface area contributed by atoms with Crippen LogP contribution < -0.4 is 11.2 Å².